The van der Waals surface area contributed by atoms with Gasteiger partial charge in [0, 0.05) is 38.9 Å². The molecule has 3 aromatic rings. The number of carboxylic acids is 1. The molecule has 0 aliphatic rings. The molecule has 3 rings (SSSR count). The minimum absolute atomic E-state index is 0.210. The van der Waals surface area contributed by atoms with Crippen molar-refractivity contribution in [2.45, 2.75) is 20.1 Å². The van der Waals surface area contributed by atoms with Crippen molar-refractivity contribution in [1.82, 2.24) is 0 Å². The summed E-state index contributed by atoms with van der Waals surface area (Å²) in [5.74, 6) is 0.0126. The number of benzene rings is 3. The van der Waals surface area contributed by atoms with Crippen LogP contribution in [-0.4, -0.2) is 18.2 Å². The van der Waals surface area contributed by atoms with Gasteiger partial charge in [-0.1, -0.05) is 46.9 Å². The van der Waals surface area contributed by atoms with Gasteiger partial charge in [0.15, 0.2) is 11.5 Å². The monoisotopic (exact) mass is 479 g/mol. The second-order valence-corrected chi connectivity index (χ2v) is 8.06. The summed E-state index contributed by atoms with van der Waals surface area (Å²) >= 11 is 18.6. The molecule has 0 amide bonds. The zero-order valence-electron chi connectivity index (χ0n) is 16.8. The van der Waals surface area contributed by atoms with E-state index in [1.54, 1.807) is 55.6 Å². The molecule has 0 radical (unpaired) electrons. The standard InChI is InChI=1S/C23H20Cl3NO4/c1-13-3-4-14(23(28)29)7-20(13)27-11-16-8-21(30-2)22(10-19(16)26)31-12-15-5-6-17(24)9-18(15)25/h3-10,27H,11-12H2,1-2H3,(H,28,29). The summed E-state index contributed by atoms with van der Waals surface area (Å²) in [5.41, 5.74) is 3.40. The third kappa shape index (κ3) is 5.76. The van der Waals surface area contributed by atoms with E-state index in [2.05, 4.69) is 5.32 Å². The smallest absolute Gasteiger partial charge is 0.335 e. The first-order valence-corrected chi connectivity index (χ1v) is 10.4. The molecule has 0 saturated heterocycles. The van der Waals surface area contributed by atoms with Crippen molar-refractivity contribution >= 4 is 46.5 Å². The van der Waals surface area contributed by atoms with Crippen LogP contribution in [0, 0.1) is 6.92 Å². The van der Waals surface area contributed by atoms with Crippen molar-refractivity contribution in [2.75, 3.05) is 12.4 Å². The molecule has 0 fully saturated rings. The Morgan fingerprint density at radius 1 is 0.968 bits per heavy atom. The molecule has 8 heteroatoms. The highest BCUT2D eigenvalue weighted by molar-refractivity contribution is 6.35. The van der Waals surface area contributed by atoms with Crippen LogP contribution >= 0.6 is 34.8 Å². The van der Waals surface area contributed by atoms with Gasteiger partial charge in [0.05, 0.1) is 12.7 Å². The van der Waals surface area contributed by atoms with Crippen LogP contribution in [-0.2, 0) is 13.2 Å². The first-order chi connectivity index (χ1) is 14.8. The fourth-order valence-electron chi connectivity index (χ4n) is 2.92. The second-order valence-electron chi connectivity index (χ2n) is 6.81. The first kappa shape index (κ1) is 23.1. The van der Waals surface area contributed by atoms with Crippen LogP contribution in [0.1, 0.15) is 27.0 Å². The van der Waals surface area contributed by atoms with Gasteiger partial charge in [-0.05, 0) is 48.4 Å². The summed E-state index contributed by atoms with van der Waals surface area (Å²) in [6.07, 6.45) is 0. The van der Waals surface area contributed by atoms with Crippen LogP contribution in [0.4, 0.5) is 5.69 Å². The summed E-state index contributed by atoms with van der Waals surface area (Å²) < 4.78 is 11.3. The molecule has 0 aliphatic carbocycles. The van der Waals surface area contributed by atoms with Gasteiger partial charge < -0.3 is 19.9 Å². The van der Waals surface area contributed by atoms with Crippen LogP contribution < -0.4 is 14.8 Å². The van der Waals surface area contributed by atoms with Crippen molar-refractivity contribution in [3.05, 3.63) is 85.9 Å². The number of ether oxygens (including phenoxy) is 2. The topological polar surface area (TPSA) is 67.8 Å². The third-order valence-corrected chi connectivity index (χ3v) is 5.62. The number of nitrogens with one attached hydrogen (secondary N) is 1. The zero-order valence-corrected chi connectivity index (χ0v) is 19.1. The lowest BCUT2D eigenvalue weighted by molar-refractivity contribution is 0.0697. The average molecular weight is 481 g/mol. The predicted molar refractivity (Wildman–Crippen MR) is 124 cm³/mol. The van der Waals surface area contributed by atoms with Crippen LogP contribution in [0.2, 0.25) is 15.1 Å². The van der Waals surface area contributed by atoms with Gasteiger partial charge in [-0.3, -0.25) is 0 Å². The first-order valence-electron chi connectivity index (χ1n) is 9.29. The van der Waals surface area contributed by atoms with Crippen molar-refractivity contribution < 1.29 is 19.4 Å². The number of hydrogen-bond acceptors (Lipinski definition) is 4. The van der Waals surface area contributed by atoms with Gasteiger partial charge in [0.25, 0.3) is 0 Å². The fourth-order valence-corrected chi connectivity index (χ4v) is 3.60. The number of carbonyl (C=O) groups is 1. The van der Waals surface area contributed by atoms with E-state index in [-0.39, 0.29) is 12.2 Å². The van der Waals surface area contributed by atoms with E-state index in [4.69, 9.17) is 44.3 Å². The molecule has 0 heterocycles. The Balaban J connectivity index is 1.76. The molecule has 162 valence electrons. The maximum absolute atomic E-state index is 11.2. The number of carboxylic acid groups (broad SMARTS) is 1. The van der Waals surface area contributed by atoms with Gasteiger partial charge in [-0.2, -0.15) is 0 Å². The molecule has 0 atom stereocenters. The van der Waals surface area contributed by atoms with Gasteiger partial charge in [-0.25, -0.2) is 4.79 Å². The van der Waals surface area contributed by atoms with E-state index in [0.29, 0.717) is 38.8 Å². The van der Waals surface area contributed by atoms with Crippen LogP contribution in [0.25, 0.3) is 0 Å². The average Bonchev–Trinajstić information content (AvgIpc) is 2.73. The van der Waals surface area contributed by atoms with Gasteiger partial charge in [0.1, 0.15) is 6.61 Å². The van der Waals surface area contributed by atoms with E-state index in [1.807, 2.05) is 6.92 Å². The summed E-state index contributed by atoms with van der Waals surface area (Å²) in [4.78, 5) is 11.2. The molecular formula is C23H20Cl3NO4. The summed E-state index contributed by atoms with van der Waals surface area (Å²) in [6.45, 7) is 2.50. The SMILES string of the molecule is COc1cc(CNc2cc(C(=O)O)ccc2C)c(Cl)cc1OCc1ccc(Cl)cc1Cl. The Hall–Kier alpha value is -2.60. The van der Waals surface area contributed by atoms with Crippen LogP contribution in [0.5, 0.6) is 11.5 Å². The van der Waals surface area contributed by atoms with E-state index < -0.39 is 5.97 Å². The minimum Gasteiger partial charge on any atom is -0.493 e. The molecule has 0 spiro atoms. The number of halogens is 3. The van der Waals surface area contributed by atoms with E-state index in [9.17, 15) is 9.90 Å². The van der Waals surface area contributed by atoms with E-state index in [0.717, 1.165) is 16.7 Å². The normalized spacial score (nSPS) is 10.6. The van der Waals surface area contributed by atoms with Gasteiger partial charge >= 0.3 is 5.97 Å². The van der Waals surface area contributed by atoms with E-state index in [1.165, 1.54) is 0 Å². The molecular weight excluding hydrogens is 461 g/mol. The van der Waals surface area contributed by atoms with Crippen LogP contribution in [0.3, 0.4) is 0 Å². The van der Waals surface area contributed by atoms with Crippen molar-refractivity contribution in [1.29, 1.82) is 0 Å². The number of aryl methyl sites for hydroxylation is 1. The number of anilines is 1. The van der Waals surface area contributed by atoms with Crippen LogP contribution in [0.15, 0.2) is 48.5 Å². The quantitative estimate of drug-likeness (QED) is 0.369. The number of hydrogen-bond donors (Lipinski definition) is 2. The van der Waals surface area contributed by atoms with Gasteiger partial charge in [0.2, 0.25) is 0 Å². The van der Waals surface area contributed by atoms with Crippen molar-refractivity contribution in [3.8, 4) is 11.5 Å². The van der Waals surface area contributed by atoms with E-state index >= 15 is 0 Å². The van der Waals surface area contributed by atoms with Gasteiger partial charge in [-0.15, -0.1) is 0 Å². The maximum Gasteiger partial charge on any atom is 0.335 e. The molecule has 0 bridgehead atoms. The van der Waals surface area contributed by atoms with Crippen molar-refractivity contribution in [3.63, 3.8) is 0 Å². The maximum atomic E-state index is 11.2. The number of rotatable bonds is 8. The highest BCUT2D eigenvalue weighted by Gasteiger charge is 2.13. The predicted octanol–water partition coefficient (Wildman–Crippen LogP) is 6.85. The lowest BCUT2D eigenvalue weighted by Gasteiger charge is -2.16. The molecule has 0 saturated carbocycles. The molecule has 3 aromatic carbocycles. The Morgan fingerprint density at radius 2 is 1.71 bits per heavy atom. The van der Waals surface area contributed by atoms with Crippen molar-refractivity contribution in [2.24, 2.45) is 0 Å². The third-order valence-electron chi connectivity index (χ3n) is 4.68. The summed E-state index contributed by atoms with van der Waals surface area (Å²) in [6, 6.07) is 13.6. The lowest BCUT2D eigenvalue weighted by Crippen LogP contribution is -2.05. The summed E-state index contributed by atoms with van der Waals surface area (Å²) in [7, 11) is 1.54. The highest BCUT2D eigenvalue weighted by atomic mass is 35.5. The highest BCUT2D eigenvalue weighted by Crippen LogP contribution is 2.35. The molecule has 0 aromatic heterocycles. The Morgan fingerprint density at radius 3 is 2.39 bits per heavy atom. The molecule has 0 unspecified atom stereocenters. The summed E-state index contributed by atoms with van der Waals surface area (Å²) in [5, 5.41) is 14.0. The molecule has 5 nitrogen and oxygen atoms in total. The number of aromatic carboxylic acids is 1. The Bertz CT molecular complexity index is 1120. The number of methoxy groups -OCH3 is 1. The second kappa shape index (κ2) is 10.1. The lowest BCUT2D eigenvalue weighted by atomic mass is 10.1. The Kier molecular flexibility index (Phi) is 7.55. The minimum atomic E-state index is -0.981. The molecule has 2 N–H and O–H groups in total. The largest absolute Gasteiger partial charge is 0.493 e. The molecule has 0 aliphatic heterocycles. The fraction of sp³-hybridized carbons (Fsp3) is 0.174. The molecule has 31 heavy (non-hydrogen) atoms. The Labute approximate surface area is 195 Å². The zero-order chi connectivity index (χ0) is 22.5.